The van der Waals surface area contributed by atoms with Crippen LogP contribution in [0.15, 0.2) is 60.9 Å². The van der Waals surface area contributed by atoms with Gasteiger partial charge < -0.3 is 0 Å². The van der Waals surface area contributed by atoms with E-state index in [1.165, 1.54) is 29.5 Å². The molecule has 24 heavy (non-hydrogen) atoms. The van der Waals surface area contributed by atoms with Crippen molar-refractivity contribution in [2.75, 3.05) is 5.32 Å². The van der Waals surface area contributed by atoms with E-state index < -0.39 is 0 Å². The number of amides is 1. The molecule has 0 saturated heterocycles. The summed E-state index contributed by atoms with van der Waals surface area (Å²) in [5.41, 5.74) is 1.57. The number of aromatic nitrogens is 2. The number of hydrogen-bond acceptors (Lipinski definition) is 4. The van der Waals surface area contributed by atoms with E-state index in [1.807, 2.05) is 24.3 Å². The van der Waals surface area contributed by atoms with Crippen LogP contribution in [0.5, 0.6) is 0 Å². The monoisotopic (exact) mass is 339 g/mol. The maximum atomic E-state index is 13.2. The van der Waals surface area contributed by atoms with Crippen molar-refractivity contribution < 1.29 is 9.18 Å². The van der Waals surface area contributed by atoms with Crippen LogP contribution >= 0.6 is 11.3 Å². The van der Waals surface area contributed by atoms with E-state index in [9.17, 15) is 9.18 Å². The lowest BCUT2D eigenvalue weighted by Crippen LogP contribution is -2.07. The van der Waals surface area contributed by atoms with Gasteiger partial charge in [-0.15, -0.1) is 11.3 Å². The normalized spacial score (nSPS) is 10.9. The second kappa shape index (κ2) is 7.61. The van der Waals surface area contributed by atoms with Gasteiger partial charge in [0, 0.05) is 29.8 Å². The minimum absolute atomic E-state index is 0.259. The molecule has 0 aliphatic rings. The number of anilines is 1. The van der Waals surface area contributed by atoms with Crippen LogP contribution in [0.4, 0.5) is 9.52 Å². The summed E-state index contributed by atoms with van der Waals surface area (Å²) < 4.78 is 13.2. The van der Waals surface area contributed by atoms with E-state index in [1.54, 1.807) is 24.5 Å². The van der Waals surface area contributed by atoms with Gasteiger partial charge in [-0.3, -0.25) is 15.1 Å². The molecule has 1 N–H and O–H groups in total. The third-order valence-corrected chi connectivity index (χ3v) is 4.06. The first-order chi connectivity index (χ1) is 11.7. The van der Waals surface area contributed by atoms with Crippen molar-refractivity contribution in [1.82, 2.24) is 9.97 Å². The average molecular weight is 339 g/mol. The second-order valence-electron chi connectivity index (χ2n) is 5.02. The highest BCUT2D eigenvalue weighted by Gasteiger charge is 2.06. The highest BCUT2D eigenvalue weighted by Crippen LogP contribution is 2.21. The van der Waals surface area contributed by atoms with Crippen molar-refractivity contribution in [1.29, 1.82) is 0 Å². The zero-order chi connectivity index (χ0) is 16.8. The SMILES string of the molecule is O=C(/C=C/c1ccccn1)Nc1ncc(Cc2cccc(F)c2)s1. The standard InChI is InChI=1S/C18H14FN3OS/c19-14-5-3-4-13(10-14)11-16-12-21-18(24-16)22-17(23)8-7-15-6-1-2-9-20-15/h1-10,12H,11H2,(H,21,22,23)/b8-7+. The molecule has 1 aromatic carbocycles. The van der Waals surface area contributed by atoms with Crippen molar-refractivity contribution in [3.63, 3.8) is 0 Å². The van der Waals surface area contributed by atoms with E-state index >= 15 is 0 Å². The highest BCUT2D eigenvalue weighted by atomic mass is 32.1. The van der Waals surface area contributed by atoms with E-state index in [0.717, 1.165) is 10.4 Å². The Hall–Kier alpha value is -2.86. The number of thiazole rings is 1. The Morgan fingerprint density at radius 3 is 2.92 bits per heavy atom. The molecule has 0 unspecified atom stereocenters. The number of hydrogen-bond donors (Lipinski definition) is 1. The smallest absolute Gasteiger partial charge is 0.250 e. The van der Waals surface area contributed by atoms with Crippen molar-refractivity contribution in [2.45, 2.75) is 6.42 Å². The fourth-order valence-corrected chi connectivity index (χ4v) is 2.93. The van der Waals surface area contributed by atoms with Crippen LogP contribution in [0.25, 0.3) is 6.08 Å². The summed E-state index contributed by atoms with van der Waals surface area (Å²) in [6.45, 7) is 0. The number of carbonyl (C=O) groups excluding carboxylic acids is 1. The first-order valence-electron chi connectivity index (χ1n) is 7.28. The van der Waals surface area contributed by atoms with Gasteiger partial charge in [0.2, 0.25) is 5.91 Å². The molecule has 2 heterocycles. The van der Waals surface area contributed by atoms with Crippen molar-refractivity contribution >= 4 is 28.5 Å². The van der Waals surface area contributed by atoms with Gasteiger partial charge in [0.25, 0.3) is 0 Å². The molecular weight excluding hydrogens is 325 g/mol. The molecule has 3 aromatic rings. The van der Waals surface area contributed by atoms with E-state index in [-0.39, 0.29) is 11.7 Å². The van der Waals surface area contributed by atoms with Gasteiger partial charge in [-0.2, -0.15) is 0 Å². The van der Waals surface area contributed by atoms with Crippen molar-refractivity contribution in [3.05, 3.63) is 82.9 Å². The molecule has 0 fully saturated rings. The average Bonchev–Trinajstić information content (AvgIpc) is 3.01. The molecule has 3 rings (SSSR count). The molecule has 0 atom stereocenters. The van der Waals surface area contributed by atoms with Crippen LogP contribution in [-0.2, 0) is 11.2 Å². The maximum Gasteiger partial charge on any atom is 0.250 e. The fraction of sp³-hybridized carbons (Fsp3) is 0.0556. The molecule has 6 heteroatoms. The number of carbonyl (C=O) groups is 1. The van der Waals surface area contributed by atoms with Crippen molar-refractivity contribution in [2.24, 2.45) is 0 Å². The maximum absolute atomic E-state index is 13.2. The van der Waals surface area contributed by atoms with Crippen LogP contribution < -0.4 is 5.32 Å². The van der Waals surface area contributed by atoms with Gasteiger partial charge in [-0.05, 0) is 35.9 Å². The quantitative estimate of drug-likeness (QED) is 0.717. The summed E-state index contributed by atoms with van der Waals surface area (Å²) in [6, 6.07) is 11.9. The minimum Gasteiger partial charge on any atom is -0.298 e. The molecule has 0 aliphatic carbocycles. The second-order valence-corrected chi connectivity index (χ2v) is 6.13. The Morgan fingerprint density at radius 1 is 1.21 bits per heavy atom. The van der Waals surface area contributed by atoms with E-state index in [4.69, 9.17) is 0 Å². The summed E-state index contributed by atoms with van der Waals surface area (Å²) in [4.78, 5) is 21.1. The van der Waals surface area contributed by atoms with E-state index in [0.29, 0.717) is 17.2 Å². The van der Waals surface area contributed by atoms with Gasteiger partial charge in [0.05, 0.1) is 5.69 Å². The molecule has 4 nitrogen and oxygen atoms in total. The predicted molar refractivity (Wildman–Crippen MR) is 93.2 cm³/mol. The van der Waals surface area contributed by atoms with Gasteiger partial charge >= 0.3 is 0 Å². The van der Waals surface area contributed by atoms with E-state index in [2.05, 4.69) is 15.3 Å². The fourth-order valence-electron chi connectivity index (χ4n) is 2.08. The molecule has 120 valence electrons. The van der Waals surface area contributed by atoms with Gasteiger partial charge in [-0.1, -0.05) is 18.2 Å². The number of nitrogens with one attached hydrogen (secondary N) is 1. The van der Waals surface area contributed by atoms with Crippen LogP contribution in [0, 0.1) is 5.82 Å². The third-order valence-electron chi connectivity index (χ3n) is 3.14. The highest BCUT2D eigenvalue weighted by molar-refractivity contribution is 7.15. The number of benzene rings is 1. The predicted octanol–water partition coefficient (Wildman–Crippen LogP) is 3.92. The molecule has 1 amide bonds. The third kappa shape index (κ3) is 4.57. The number of nitrogens with zero attached hydrogens (tertiary/aromatic N) is 2. The Morgan fingerprint density at radius 2 is 2.12 bits per heavy atom. The Bertz CT molecular complexity index is 861. The zero-order valence-electron chi connectivity index (χ0n) is 12.6. The number of rotatable bonds is 5. The number of halogens is 1. The summed E-state index contributed by atoms with van der Waals surface area (Å²) in [7, 11) is 0. The first-order valence-corrected chi connectivity index (χ1v) is 8.10. The molecule has 0 bridgehead atoms. The van der Waals surface area contributed by atoms with Crippen LogP contribution in [0.3, 0.4) is 0 Å². The Labute approximate surface area is 142 Å². The molecule has 2 aromatic heterocycles. The number of pyridine rings is 1. The first kappa shape index (κ1) is 16.0. The lowest BCUT2D eigenvalue weighted by Gasteiger charge is -1.98. The Kier molecular flexibility index (Phi) is 5.08. The molecule has 0 radical (unpaired) electrons. The van der Waals surface area contributed by atoms with Crippen LogP contribution in [0.2, 0.25) is 0 Å². The van der Waals surface area contributed by atoms with Gasteiger partial charge in [-0.25, -0.2) is 9.37 Å². The zero-order valence-corrected chi connectivity index (χ0v) is 13.5. The Balaban J connectivity index is 1.59. The topological polar surface area (TPSA) is 54.9 Å². The van der Waals surface area contributed by atoms with Gasteiger partial charge in [0.1, 0.15) is 5.82 Å². The molecular formula is C18H14FN3OS. The summed E-state index contributed by atoms with van der Waals surface area (Å²) >= 11 is 1.37. The molecule has 0 aliphatic heterocycles. The summed E-state index contributed by atoms with van der Waals surface area (Å²) in [5.74, 6) is -0.530. The van der Waals surface area contributed by atoms with Crippen LogP contribution in [0.1, 0.15) is 16.1 Å². The molecule has 0 saturated carbocycles. The summed E-state index contributed by atoms with van der Waals surface area (Å²) in [5, 5.41) is 3.22. The lowest BCUT2D eigenvalue weighted by molar-refractivity contribution is -0.111. The summed E-state index contributed by atoms with van der Waals surface area (Å²) in [6.07, 6.45) is 6.98. The van der Waals surface area contributed by atoms with Gasteiger partial charge in [0.15, 0.2) is 5.13 Å². The molecule has 0 spiro atoms. The van der Waals surface area contributed by atoms with Crippen LogP contribution in [-0.4, -0.2) is 15.9 Å². The lowest BCUT2D eigenvalue weighted by atomic mass is 10.1. The largest absolute Gasteiger partial charge is 0.298 e. The van der Waals surface area contributed by atoms with Crippen molar-refractivity contribution in [3.8, 4) is 0 Å². The minimum atomic E-state index is -0.271.